The number of halogens is 1. The summed E-state index contributed by atoms with van der Waals surface area (Å²) in [5.74, 6) is 0.338. The number of thioether (sulfide) groups is 1. The molecule has 0 aliphatic carbocycles. The van der Waals surface area contributed by atoms with Crippen molar-refractivity contribution in [2.75, 3.05) is 12.9 Å². The first-order chi connectivity index (χ1) is 21.8. The van der Waals surface area contributed by atoms with Gasteiger partial charge in [0.05, 0.1) is 33.4 Å². The summed E-state index contributed by atoms with van der Waals surface area (Å²) in [5.41, 5.74) is 2.45. The molecule has 0 radical (unpaired) electrons. The summed E-state index contributed by atoms with van der Waals surface area (Å²) in [6, 6.07) is 24.2. The first-order valence-corrected chi connectivity index (χ1v) is 16.6. The molecule has 3 aromatic carbocycles. The molecule has 3 heterocycles. The number of carbonyl (C=O) groups is 1. The van der Waals surface area contributed by atoms with Gasteiger partial charge < -0.3 is 9.15 Å². The molecule has 6 rings (SSSR count). The average molecular weight is 703 g/mol. The van der Waals surface area contributed by atoms with E-state index in [4.69, 9.17) is 14.1 Å². The summed E-state index contributed by atoms with van der Waals surface area (Å²) in [7, 11) is 0. The Balaban J connectivity index is 1.52. The van der Waals surface area contributed by atoms with Crippen LogP contribution in [-0.4, -0.2) is 28.3 Å². The van der Waals surface area contributed by atoms with Crippen LogP contribution in [0, 0.1) is 10.1 Å². The highest BCUT2D eigenvalue weighted by molar-refractivity contribution is 9.10. The zero-order valence-corrected chi connectivity index (χ0v) is 27.1. The molecule has 0 spiro atoms. The fourth-order valence-corrected chi connectivity index (χ4v) is 7.02. The van der Waals surface area contributed by atoms with Crippen molar-refractivity contribution >= 4 is 62.5 Å². The van der Waals surface area contributed by atoms with E-state index in [-0.39, 0.29) is 23.4 Å². The Morgan fingerprint density at radius 3 is 2.56 bits per heavy atom. The van der Waals surface area contributed by atoms with Crippen molar-refractivity contribution in [3.63, 3.8) is 0 Å². The lowest BCUT2D eigenvalue weighted by Crippen LogP contribution is -2.40. The first kappa shape index (κ1) is 30.5. The van der Waals surface area contributed by atoms with Crippen LogP contribution in [0.3, 0.4) is 0 Å². The molecule has 5 aromatic rings. The fraction of sp³-hybridized carbons (Fsp3) is 0.121. The number of esters is 1. The van der Waals surface area contributed by atoms with Crippen molar-refractivity contribution in [3.05, 3.63) is 142 Å². The van der Waals surface area contributed by atoms with Gasteiger partial charge in [0.25, 0.3) is 11.2 Å². The van der Waals surface area contributed by atoms with E-state index in [1.165, 1.54) is 23.5 Å². The molecule has 12 heteroatoms. The topological polar surface area (TPSA) is 117 Å². The molecular weight excluding hydrogens is 678 g/mol. The predicted molar refractivity (Wildman–Crippen MR) is 178 cm³/mol. The van der Waals surface area contributed by atoms with Crippen molar-refractivity contribution in [1.82, 2.24) is 4.57 Å². The number of ether oxygens (including phenoxy) is 1. The van der Waals surface area contributed by atoms with Gasteiger partial charge in [-0.3, -0.25) is 19.5 Å². The third-order valence-electron chi connectivity index (χ3n) is 7.13. The lowest BCUT2D eigenvalue weighted by Gasteiger charge is -2.26. The maximum atomic E-state index is 14.1. The zero-order valence-electron chi connectivity index (χ0n) is 23.9. The maximum absolute atomic E-state index is 14.1. The van der Waals surface area contributed by atoms with Crippen LogP contribution in [0.2, 0.25) is 0 Å². The fourth-order valence-electron chi connectivity index (χ4n) is 5.06. The molecule has 226 valence electrons. The highest BCUT2D eigenvalue weighted by Crippen LogP contribution is 2.36. The maximum Gasteiger partial charge on any atom is 0.338 e. The minimum Gasteiger partial charge on any atom is -0.463 e. The second-order valence-electron chi connectivity index (χ2n) is 9.83. The number of nitro benzene ring substituents is 1. The molecule has 0 bridgehead atoms. The van der Waals surface area contributed by atoms with Gasteiger partial charge in [-0.15, -0.1) is 11.8 Å². The number of nitrogens with zero attached hydrogens (tertiary/aromatic N) is 3. The summed E-state index contributed by atoms with van der Waals surface area (Å²) in [6.07, 6.45) is 3.62. The Morgan fingerprint density at radius 1 is 1.13 bits per heavy atom. The smallest absolute Gasteiger partial charge is 0.338 e. The van der Waals surface area contributed by atoms with E-state index in [9.17, 15) is 19.7 Å². The Labute approximate surface area is 273 Å². The number of nitro groups is 1. The van der Waals surface area contributed by atoms with Gasteiger partial charge in [0.1, 0.15) is 11.5 Å². The standard InChI is InChI=1S/C33H24BrN3O6S2/c1-3-42-32(39)28-29(19-7-5-4-6-8-19)35-33-36(30(28)20-9-13-23(44-2)14-10-20)31(38)27(45-33)18-22-12-16-26(43-22)24-15-11-21(37(40)41)17-25(24)34/h4-18,30H,3H2,1-2H3/b27-18-/t30-/m1/s1. The number of thiazole rings is 1. The lowest BCUT2D eigenvalue weighted by atomic mass is 9.93. The van der Waals surface area contributed by atoms with Crippen LogP contribution in [0.15, 0.2) is 114 Å². The predicted octanol–water partition coefficient (Wildman–Crippen LogP) is 6.59. The largest absolute Gasteiger partial charge is 0.463 e. The number of rotatable bonds is 8. The number of benzene rings is 3. The second-order valence-corrected chi connectivity index (χ2v) is 12.6. The van der Waals surface area contributed by atoms with Crippen LogP contribution >= 0.6 is 39.0 Å². The normalized spacial score (nSPS) is 14.6. The summed E-state index contributed by atoms with van der Waals surface area (Å²) in [5, 5.41) is 11.1. The molecule has 9 nitrogen and oxygen atoms in total. The van der Waals surface area contributed by atoms with Crippen LogP contribution in [-0.2, 0) is 9.53 Å². The quantitative estimate of drug-likeness (QED) is 0.0776. The Hall–Kier alpha value is -4.52. The van der Waals surface area contributed by atoms with Crippen molar-refractivity contribution in [3.8, 4) is 11.3 Å². The summed E-state index contributed by atoms with van der Waals surface area (Å²) in [6.45, 7) is 1.91. The number of carbonyl (C=O) groups excluding carboxylic acids is 1. The van der Waals surface area contributed by atoms with Gasteiger partial charge in [-0.05, 0) is 65.0 Å². The van der Waals surface area contributed by atoms with Crippen molar-refractivity contribution in [2.24, 2.45) is 4.99 Å². The van der Waals surface area contributed by atoms with Crippen LogP contribution in [0.1, 0.15) is 29.9 Å². The third-order valence-corrected chi connectivity index (χ3v) is 9.52. The Bertz CT molecular complexity index is 2150. The van der Waals surface area contributed by atoms with Crippen molar-refractivity contribution < 1.29 is 18.9 Å². The summed E-state index contributed by atoms with van der Waals surface area (Å²) in [4.78, 5) is 44.7. The molecule has 0 amide bonds. The van der Waals surface area contributed by atoms with Crippen molar-refractivity contribution in [2.45, 2.75) is 17.9 Å². The van der Waals surface area contributed by atoms with Crippen LogP contribution < -0.4 is 14.9 Å². The van der Waals surface area contributed by atoms with E-state index < -0.39 is 16.9 Å². The number of hydrogen-bond donors (Lipinski definition) is 0. The lowest BCUT2D eigenvalue weighted by molar-refractivity contribution is -0.384. The van der Waals surface area contributed by atoms with E-state index >= 15 is 0 Å². The molecular formula is C33H24BrN3O6S2. The number of hydrogen-bond acceptors (Lipinski definition) is 9. The van der Waals surface area contributed by atoms with E-state index in [1.54, 1.807) is 47.5 Å². The van der Waals surface area contributed by atoms with Gasteiger partial charge in [-0.1, -0.05) is 53.8 Å². The van der Waals surface area contributed by atoms with Crippen LogP contribution in [0.25, 0.3) is 23.1 Å². The molecule has 0 fully saturated rings. The van der Waals surface area contributed by atoms with Crippen LogP contribution in [0.4, 0.5) is 5.69 Å². The van der Waals surface area contributed by atoms with Gasteiger partial charge in [0.15, 0.2) is 4.80 Å². The molecule has 1 aliphatic heterocycles. The number of non-ortho nitro benzene ring substituents is 1. The minimum atomic E-state index is -0.781. The number of fused-ring (bicyclic) bond motifs is 1. The molecule has 1 atom stereocenters. The van der Waals surface area contributed by atoms with Crippen molar-refractivity contribution in [1.29, 1.82) is 0 Å². The Morgan fingerprint density at radius 2 is 1.89 bits per heavy atom. The third kappa shape index (κ3) is 5.96. The second kappa shape index (κ2) is 12.8. The van der Waals surface area contributed by atoms with Gasteiger partial charge in [-0.2, -0.15) is 0 Å². The van der Waals surface area contributed by atoms with Gasteiger partial charge >= 0.3 is 5.97 Å². The van der Waals surface area contributed by atoms with E-state index in [0.717, 1.165) is 16.0 Å². The van der Waals surface area contributed by atoms with Gasteiger partial charge in [0.2, 0.25) is 0 Å². The SMILES string of the molecule is CCOC(=O)C1=C(c2ccccc2)N=c2s/c(=C\c3ccc(-c4ccc([N+](=O)[O-])cc4Br)o3)c(=O)n2[C@@H]1c1ccc(SC)cc1. The van der Waals surface area contributed by atoms with E-state index in [2.05, 4.69) is 15.9 Å². The molecule has 0 unspecified atom stereocenters. The molecule has 0 saturated carbocycles. The molecule has 45 heavy (non-hydrogen) atoms. The van der Waals surface area contributed by atoms with Gasteiger partial charge in [0, 0.05) is 38.7 Å². The Kier molecular flexibility index (Phi) is 8.70. The molecule has 2 aromatic heterocycles. The van der Waals surface area contributed by atoms with E-state index in [1.807, 2.05) is 60.9 Å². The summed E-state index contributed by atoms with van der Waals surface area (Å²) >= 11 is 6.18. The zero-order chi connectivity index (χ0) is 31.7. The highest BCUT2D eigenvalue weighted by Gasteiger charge is 2.35. The highest BCUT2D eigenvalue weighted by atomic mass is 79.9. The summed E-state index contributed by atoms with van der Waals surface area (Å²) < 4.78 is 14.0. The molecule has 1 aliphatic rings. The minimum absolute atomic E-state index is 0.0479. The first-order valence-electron chi connectivity index (χ1n) is 13.8. The van der Waals surface area contributed by atoms with E-state index in [0.29, 0.717) is 36.6 Å². The monoisotopic (exact) mass is 701 g/mol. The molecule has 0 N–H and O–H groups in total. The van der Waals surface area contributed by atoms with Crippen LogP contribution in [0.5, 0.6) is 0 Å². The average Bonchev–Trinajstić information content (AvgIpc) is 3.64. The number of aromatic nitrogens is 1. The molecule has 0 saturated heterocycles. The van der Waals surface area contributed by atoms with Gasteiger partial charge in [-0.25, -0.2) is 9.79 Å². The number of furan rings is 1.